The van der Waals surface area contributed by atoms with Gasteiger partial charge in [0.05, 0.1) is 7.11 Å². The third-order valence-electron chi connectivity index (χ3n) is 2.39. The van der Waals surface area contributed by atoms with Crippen molar-refractivity contribution in [3.63, 3.8) is 0 Å². The molecule has 1 unspecified atom stereocenters. The summed E-state index contributed by atoms with van der Waals surface area (Å²) in [6.45, 7) is 3.66. The van der Waals surface area contributed by atoms with E-state index in [9.17, 15) is 5.21 Å². The van der Waals surface area contributed by atoms with Gasteiger partial charge in [-0.15, -0.1) is 6.58 Å². The summed E-state index contributed by atoms with van der Waals surface area (Å²) in [6, 6.07) is 10.1. The SMILES string of the molecule is C=CCCC(C#[N+][O-])c1ccc(OC)cc1. The van der Waals surface area contributed by atoms with Crippen molar-refractivity contribution in [1.29, 1.82) is 0 Å². The van der Waals surface area contributed by atoms with Crippen molar-refractivity contribution in [1.82, 2.24) is 0 Å². The average Bonchev–Trinajstić information content (AvgIpc) is 2.35. The minimum absolute atomic E-state index is 0.0681. The summed E-state index contributed by atoms with van der Waals surface area (Å²) in [5, 5.41) is 13.0. The molecule has 3 heteroatoms. The Morgan fingerprint density at radius 1 is 1.50 bits per heavy atom. The number of methoxy groups -OCH3 is 1. The molecule has 0 bridgehead atoms. The first kappa shape index (κ1) is 12.1. The molecule has 0 aliphatic carbocycles. The van der Waals surface area contributed by atoms with Crippen LogP contribution in [0.3, 0.4) is 0 Å². The minimum Gasteiger partial charge on any atom is -0.498 e. The van der Waals surface area contributed by atoms with Crippen LogP contribution in [0.2, 0.25) is 0 Å². The maximum absolute atomic E-state index is 10.3. The molecule has 0 saturated carbocycles. The summed E-state index contributed by atoms with van der Waals surface area (Å²) in [5.74, 6) is 0.728. The highest BCUT2D eigenvalue weighted by atomic mass is 16.5. The molecular weight excluding hydrogens is 202 g/mol. The summed E-state index contributed by atoms with van der Waals surface area (Å²) < 4.78 is 5.07. The van der Waals surface area contributed by atoms with Crippen LogP contribution in [-0.4, -0.2) is 7.11 Å². The highest BCUT2D eigenvalue weighted by Crippen LogP contribution is 2.23. The average molecular weight is 217 g/mol. The van der Waals surface area contributed by atoms with Crippen LogP contribution in [0.15, 0.2) is 36.9 Å². The number of nitrogens with zero attached hydrogens (tertiary/aromatic N) is 1. The van der Waals surface area contributed by atoms with Gasteiger partial charge in [0.1, 0.15) is 11.7 Å². The minimum atomic E-state index is -0.0681. The first-order valence-electron chi connectivity index (χ1n) is 5.14. The largest absolute Gasteiger partial charge is 0.498 e. The fourth-order valence-electron chi connectivity index (χ4n) is 1.49. The van der Waals surface area contributed by atoms with E-state index < -0.39 is 0 Å². The van der Waals surface area contributed by atoms with E-state index in [1.54, 1.807) is 7.11 Å². The van der Waals surface area contributed by atoms with E-state index in [0.29, 0.717) is 0 Å². The Bertz CT molecular complexity index is 387. The standard InChI is InChI=1S/C13H15NO2/c1-3-4-5-12(10-14-15)11-6-8-13(16-2)9-7-11/h3,6-9,12H,1,4-5H2,2H3. The van der Waals surface area contributed by atoms with Gasteiger partial charge in [-0.25, -0.2) is 0 Å². The summed E-state index contributed by atoms with van der Waals surface area (Å²) in [5.41, 5.74) is 1.02. The number of allylic oxidation sites excluding steroid dienone is 1. The van der Waals surface area contributed by atoms with Crippen LogP contribution in [0.1, 0.15) is 24.3 Å². The zero-order chi connectivity index (χ0) is 11.8. The summed E-state index contributed by atoms with van der Waals surface area (Å²) in [7, 11) is 1.62. The van der Waals surface area contributed by atoms with Gasteiger partial charge in [-0.3, -0.25) is 0 Å². The van der Waals surface area contributed by atoms with Crippen LogP contribution in [0, 0.1) is 11.3 Å². The predicted octanol–water partition coefficient (Wildman–Crippen LogP) is 3.58. The summed E-state index contributed by atoms with van der Waals surface area (Å²) in [4.78, 5) is 0. The van der Waals surface area contributed by atoms with Crippen molar-refractivity contribution in [2.75, 3.05) is 7.11 Å². The first-order chi connectivity index (χ1) is 7.81. The Morgan fingerprint density at radius 3 is 2.69 bits per heavy atom. The molecule has 0 amide bonds. The lowest BCUT2D eigenvalue weighted by molar-refractivity contribution is 0.414. The molecule has 1 rings (SSSR count). The zero-order valence-electron chi connectivity index (χ0n) is 9.35. The lowest BCUT2D eigenvalue weighted by Crippen LogP contribution is -1.95. The second-order valence-corrected chi connectivity index (χ2v) is 3.41. The second-order valence-electron chi connectivity index (χ2n) is 3.41. The van der Waals surface area contributed by atoms with Crippen molar-refractivity contribution in [2.24, 2.45) is 0 Å². The third kappa shape index (κ3) is 3.32. The molecule has 16 heavy (non-hydrogen) atoms. The molecular formula is C13H15NO2. The Labute approximate surface area is 95.8 Å². The molecule has 1 aromatic rings. The molecule has 0 spiro atoms. The molecule has 0 aliphatic heterocycles. The molecule has 1 atom stereocenters. The van der Waals surface area contributed by atoms with Gasteiger partial charge >= 0.3 is 6.07 Å². The van der Waals surface area contributed by atoms with Crippen molar-refractivity contribution in [3.8, 4) is 11.8 Å². The Hall–Kier alpha value is -1.95. The first-order valence-corrected chi connectivity index (χ1v) is 5.14. The monoisotopic (exact) mass is 217 g/mol. The van der Waals surface area contributed by atoms with E-state index in [0.717, 1.165) is 24.2 Å². The van der Waals surface area contributed by atoms with E-state index in [1.807, 2.05) is 30.3 Å². The van der Waals surface area contributed by atoms with E-state index in [4.69, 9.17) is 4.74 Å². The maximum Gasteiger partial charge on any atom is 0.306 e. The normalized spacial score (nSPS) is 11.1. The second kappa shape index (κ2) is 6.52. The van der Waals surface area contributed by atoms with Crippen molar-refractivity contribution < 1.29 is 4.74 Å². The van der Waals surface area contributed by atoms with E-state index in [2.05, 4.69) is 17.7 Å². The Kier molecular flexibility index (Phi) is 4.94. The Morgan fingerprint density at radius 2 is 2.19 bits per heavy atom. The molecule has 0 saturated heterocycles. The number of benzene rings is 1. The molecule has 0 N–H and O–H groups in total. The van der Waals surface area contributed by atoms with Gasteiger partial charge in [0.2, 0.25) is 0 Å². The smallest absolute Gasteiger partial charge is 0.306 e. The van der Waals surface area contributed by atoms with E-state index in [1.165, 1.54) is 0 Å². The fraction of sp³-hybridized carbons (Fsp3) is 0.308. The molecule has 0 radical (unpaired) electrons. The number of rotatable bonds is 5. The highest BCUT2D eigenvalue weighted by molar-refractivity contribution is 5.32. The van der Waals surface area contributed by atoms with Gasteiger partial charge in [-0.05, 0) is 30.5 Å². The summed E-state index contributed by atoms with van der Waals surface area (Å²) >= 11 is 0. The van der Waals surface area contributed by atoms with Gasteiger partial charge in [-0.2, -0.15) is 0 Å². The van der Waals surface area contributed by atoms with Crippen LogP contribution in [-0.2, 0) is 0 Å². The number of ether oxygens (including phenoxy) is 1. The van der Waals surface area contributed by atoms with E-state index >= 15 is 0 Å². The highest BCUT2D eigenvalue weighted by Gasteiger charge is 2.13. The lowest BCUT2D eigenvalue weighted by Gasteiger charge is -2.06. The van der Waals surface area contributed by atoms with Crippen molar-refractivity contribution >= 4 is 0 Å². The van der Waals surface area contributed by atoms with Gasteiger partial charge < -0.3 is 9.94 Å². The predicted molar refractivity (Wildman–Crippen MR) is 65.8 cm³/mol. The third-order valence-corrected chi connectivity index (χ3v) is 2.39. The van der Waals surface area contributed by atoms with Crippen LogP contribution in [0.4, 0.5) is 0 Å². The van der Waals surface area contributed by atoms with Gasteiger partial charge in [0.25, 0.3) is 0 Å². The molecule has 0 aromatic heterocycles. The molecule has 3 nitrogen and oxygen atoms in total. The van der Waals surface area contributed by atoms with Crippen molar-refractivity contribution in [2.45, 2.75) is 18.8 Å². The number of hydrogen-bond donors (Lipinski definition) is 0. The molecule has 84 valence electrons. The van der Waals surface area contributed by atoms with E-state index in [-0.39, 0.29) is 5.92 Å². The lowest BCUT2D eigenvalue weighted by atomic mass is 9.96. The molecule has 0 heterocycles. The van der Waals surface area contributed by atoms with Gasteiger partial charge in [-0.1, -0.05) is 18.2 Å². The summed E-state index contributed by atoms with van der Waals surface area (Å²) in [6.07, 6.45) is 3.45. The maximum atomic E-state index is 10.3. The van der Waals surface area contributed by atoms with Crippen LogP contribution >= 0.6 is 0 Å². The quantitative estimate of drug-likeness (QED) is 0.558. The topological polar surface area (TPSA) is 36.6 Å². The zero-order valence-corrected chi connectivity index (χ0v) is 9.35. The fourth-order valence-corrected chi connectivity index (χ4v) is 1.49. The number of hydrogen-bond acceptors (Lipinski definition) is 2. The molecule has 1 aromatic carbocycles. The van der Waals surface area contributed by atoms with Crippen LogP contribution in [0.25, 0.3) is 5.01 Å². The van der Waals surface area contributed by atoms with Crippen molar-refractivity contribution in [3.05, 3.63) is 52.7 Å². The van der Waals surface area contributed by atoms with Gasteiger partial charge in [0.15, 0.2) is 0 Å². The Balaban J connectivity index is 2.81. The van der Waals surface area contributed by atoms with Crippen LogP contribution in [0.5, 0.6) is 5.75 Å². The van der Waals surface area contributed by atoms with Crippen LogP contribution < -0.4 is 4.74 Å². The molecule has 0 fully saturated rings. The van der Waals surface area contributed by atoms with Gasteiger partial charge in [0, 0.05) is 5.01 Å². The molecule has 0 aliphatic rings.